The average molecular weight is 504 g/mol. The van der Waals surface area contributed by atoms with Crippen molar-refractivity contribution < 1.29 is 14.3 Å². The van der Waals surface area contributed by atoms with Crippen molar-refractivity contribution in [1.82, 2.24) is 10.2 Å². The molecular formula is C23H26BrN3O3S. The predicted molar refractivity (Wildman–Crippen MR) is 130 cm³/mol. The summed E-state index contributed by atoms with van der Waals surface area (Å²) in [6.45, 7) is 0. The first-order chi connectivity index (χ1) is 14.9. The van der Waals surface area contributed by atoms with E-state index >= 15 is 0 Å². The van der Waals surface area contributed by atoms with Crippen molar-refractivity contribution in [3.8, 4) is 5.75 Å². The molecule has 0 heterocycles. The van der Waals surface area contributed by atoms with Gasteiger partial charge in [0, 0.05) is 18.7 Å². The van der Waals surface area contributed by atoms with Gasteiger partial charge in [0.05, 0.1) is 22.8 Å². The van der Waals surface area contributed by atoms with Gasteiger partial charge in [-0.2, -0.15) is 0 Å². The van der Waals surface area contributed by atoms with Crippen LogP contribution in [0.5, 0.6) is 5.75 Å². The summed E-state index contributed by atoms with van der Waals surface area (Å²) in [5.74, 6) is 0.221. The molecule has 31 heavy (non-hydrogen) atoms. The lowest BCUT2D eigenvalue weighted by Gasteiger charge is -2.31. The third-order valence-electron chi connectivity index (χ3n) is 5.49. The van der Waals surface area contributed by atoms with Crippen LogP contribution in [-0.4, -0.2) is 42.0 Å². The Hall–Kier alpha value is -2.45. The number of hydrogen-bond donors (Lipinski definition) is 2. The number of amides is 2. The highest BCUT2D eigenvalue weighted by Gasteiger charge is 2.24. The van der Waals surface area contributed by atoms with Gasteiger partial charge in [0.1, 0.15) is 5.75 Å². The normalized spacial score (nSPS) is 13.9. The monoisotopic (exact) mass is 503 g/mol. The Kier molecular flexibility index (Phi) is 8.03. The molecule has 2 amide bonds. The van der Waals surface area contributed by atoms with Crippen molar-refractivity contribution in [2.75, 3.05) is 19.5 Å². The zero-order valence-corrected chi connectivity index (χ0v) is 20.0. The molecule has 6 nitrogen and oxygen atoms in total. The molecule has 0 unspecified atom stereocenters. The molecule has 164 valence electrons. The average Bonchev–Trinajstić information content (AvgIpc) is 2.79. The minimum Gasteiger partial charge on any atom is -0.496 e. The number of anilines is 1. The van der Waals surface area contributed by atoms with Crippen molar-refractivity contribution >= 4 is 50.8 Å². The number of hydrogen-bond acceptors (Lipinski definition) is 4. The summed E-state index contributed by atoms with van der Waals surface area (Å²) >= 11 is 8.70. The lowest BCUT2D eigenvalue weighted by Crippen LogP contribution is -2.39. The van der Waals surface area contributed by atoms with Crippen LogP contribution in [0.2, 0.25) is 0 Å². The van der Waals surface area contributed by atoms with E-state index in [4.69, 9.17) is 17.0 Å². The molecule has 0 aliphatic heterocycles. The number of thiocarbonyl (C=S) groups is 1. The summed E-state index contributed by atoms with van der Waals surface area (Å²) in [4.78, 5) is 27.5. The summed E-state index contributed by atoms with van der Waals surface area (Å²) in [6, 6.07) is 12.5. The van der Waals surface area contributed by atoms with Gasteiger partial charge in [0.15, 0.2) is 5.11 Å². The fourth-order valence-corrected chi connectivity index (χ4v) is 4.48. The van der Waals surface area contributed by atoms with Gasteiger partial charge in [-0.15, -0.1) is 0 Å². The number of nitrogens with one attached hydrogen (secondary N) is 2. The van der Waals surface area contributed by atoms with Crippen LogP contribution < -0.4 is 15.4 Å². The summed E-state index contributed by atoms with van der Waals surface area (Å²) in [7, 11) is 3.42. The largest absolute Gasteiger partial charge is 0.496 e. The maximum absolute atomic E-state index is 13.1. The smallest absolute Gasteiger partial charge is 0.257 e. The van der Waals surface area contributed by atoms with Gasteiger partial charge in [-0.05, 0) is 71.3 Å². The van der Waals surface area contributed by atoms with E-state index in [1.54, 1.807) is 37.4 Å². The fourth-order valence-electron chi connectivity index (χ4n) is 3.74. The Balaban J connectivity index is 1.68. The van der Waals surface area contributed by atoms with Crippen molar-refractivity contribution in [1.29, 1.82) is 0 Å². The summed E-state index contributed by atoms with van der Waals surface area (Å²) in [6.07, 6.45) is 5.60. The van der Waals surface area contributed by atoms with Crippen molar-refractivity contribution in [3.63, 3.8) is 0 Å². The first kappa shape index (κ1) is 23.2. The molecule has 1 aliphatic carbocycles. The van der Waals surface area contributed by atoms with Gasteiger partial charge in [-0.1, -0.05) is 31.4 Å². The number of nitrogens with zero attached hydrogens (tertiary/aromatic N) is 1. The van der Waals surface area contributed by atoms with Gasteiger partial charge >= 0.3 is 0 Å². The highest BCUT2D eigenvalue weighted by Crippen LogP contribution is 2.26. The molecule has 1 fully saturated rings. The molecule has 2 N–H and O–H groups in total. The molecule has 1 saturated carbocycles. The van der Waals surface area contributed by atoms with Crippen LogP contribution in [0.15, 0.2) is 46.9 Å². The predicted octanol–water partition coefficient (Wildman–Crippen LogP) is 4.99. The van der Waals surface area contributed by atoms with Crippen LogP contribution in [0.25, 0.3) is 0 Å². The quantitative estimate of drug-likeness (QED) is 0.562. The fraction of sp³-hybridized carbons (Fsp3) is 0.348. The van der Waals surface area contributed by atoms with Crippen molar-refractivity contribution in [2.45, 2.75) is 38.1 Å². The number of para-hydroxylation sites is 1. The van der Waals surface area contributed by atoms with Crippen LogP contribution in [-0.2, 0) is 0 Å². The Morgan fingerprint density at radius 3 is 2.52 bits per heavy atom. The number of carbonyl (C=O) groups is 2. The second kappa shape index (κ2) is 10.7. The Morgan fingerprint density at radius 1 is 1.13 bits per heavy atom. The Morgan fingerprint density at radius 2 is 1.84 bits per heavy atom. The van der Waals surface area contributed by atoms with E-state index < -0.39 is 0 Å². The molecule has 8 heteroatoms. The van der Waals surface area contributed by atoms with E-state index in [1.807, 2.05) is 24.1 Å². The molecule has 0 bridgehead atoms. The number of carbonyl (C=O) groups excluding carboxylic acids is 2. The summed E-state index contributed by atoms with van der Waals surface area (Å²) in [5.41, 5.74) is 1.52. The maximum atomic E-state index is 13.1. The van der Waals surface area contributed by atoms with E-state index in [0.717, 1.165) is 25.7 Å². The molecule has 2 aromatic carbocycles. The van der Waals surface area contributed by atoms with E-state index in [9.17, 15) is 9.59 Å². The van der Waals surface area contributed by atoms with Gasteiger partial charge in [0.2, 0.25) is 0 Å². The van der Waals surface area contributed by atoms with Crippen LogP contribution >= 0.6 is 28.1 Å². The van der Waals surface area contributed by atoms with Crippen LogP contribution in [0.1, 0.15) is 52.8 Å². The lowest BCUT2D eigenvalue weighted by atomic mass is 9.94. The van der Waals surface area contributed by atoms with Gasteiger partial charge in [-0.25, -0.2) is 0 Å². The molecule has 0 atom stereocenters. The molecule has 0 aromatic heterocycles. The summed E-state index contributed by atoms with van der Waals surface area (Å²) < 4.78 is 5.86. The first-order valence-electron chi connectivity index (χ1n) is 10.2. The number of rotatable bonds is 5. The van der Waals surface area contributed by atoms with E-state index in [2.05, 4.69) is 26.6 Å². The topological polar surface area (TPSA) is 70.7 Å². The van der Waals surface area contributed by atoms with Crippen LogP contribution in [0.4, 0.5) is 5.69 Å². The molecule has 0 spiro atoms. The number of ether oxygens (including phenoxy) is 1. The highest BCUT2D eigenvalue weighted by molar-refractivity contribution is 9.10. The molecule has 2 aromatic rings. The van der Waals surface area contributed by atoms with Gasteiger partial charge in [-0.3, -0.25) is 14.9 Å². The van der Waals surface area contributed by atoms with Crippen molar-refractivity contribution in [3.05, 3.63) is 58.1 Å². The van der Waals surface area contributed by atoms with E-state index in [1.165, 1.54) is 6.42 Å². The zero-order valence-electron chi connectivity index (χ0n) is 17.6. The Bertz CT molecular complexity index is 976. The third kappa shape index (κ3) is 5.83. The molecule has 1 aliphatic rings. The third-order valence-corrected chi connectivity index (χ3v) is 6.31. The zero-order chi connectivity index (χ0) is 22.4. The minimum absolute atomic E-state index is 0.0526. The lowest BCUT2D eigenvalue weighted by molar-refractivity contribution is 0.0697. The molecule has 0 radical (unpaired) electrons. The molecule has 3 rings (SSSR count). The molecule has 0 saturated heterocycles. The first-order valence-corrected chi connectivity index (χ1v) is 11.4. The summed E-state index contributed by atoms with van der Waals surface area (Å²) in [5, 5.41) is 5.79. The number of halogens is 1. The van der Waals surface area contributed by atoms with E-state index in [0.29, 0.717) is 27.0 Å². The van der Waals surface area contributed by atoms with Gasteiger partial charge < -0.3 is 15.0 Å². The van der Waals surface area contributed by atoms with Gasteiger partial charge in [0.25, 0.3) is 11.8 Å². The SMILES string of the molecule is COc1ccc(C(=O)NC(=S)Nc2ccccc2C(=O)N(C)C2CCCCC2)cc1Br. The van der Waals surface area contributed by atoms with E-state index in [-0.39, 0.29) is 23.0 Å². The Labute approximate surface area is 196 Å². The minimum atomic E-state index is -0.357. The molecular weight excluding hydrogens is 478 g/mol. The second-order valence-corrected chi connectivity index (χ2v) is 8.77. The maximum Gasteiger partial charge on any atom is 0.257 e. The number of benzene rings is 2. The number of methoxy groups -OCH3 is 1. The van der Waals surface area contributed by atoms with Crippen LogP contribution in [0.3, 0.4) is 0 Å². The highest BCUT2D eigenvalue weighted by atomic mass is 79.9. The standard InChI is InChI=1S/C23H26BrN3O3S/c1-27(16-8-4-3-5-9-16)22(29)17-10-6-7-11-19(17)25-23(31)26-21(28)15-12-13-20(30-2)18(24)14-15/h6-7,10-14,16H,3-5,8-9H2,1-2H3,(H2,25,26,28,31). The van der Waals surface area contributed by atoms with Crippen molar-refractivity contribution in [2.24, 2.45) is 0 Å². The van der Waals surface area contributed by atoms with Crippen LogP contribution in [0, 0.1) is 0 Å². The second-order valence-electron chi connectivity index (χ2n) is 7.51.